The number of hydrogen-bond donors (Lipinski definition) is 0. The Morgan fingerprint density at radius 1 is 1.12 bits per heavy atom. The Labute approximate surface area is 144 Å². The molecule has 0 aliphatic heterocycles. The van der Waals surface area contributed by atoms with E-state index >= 15 is 0 Å². The maximum atomic E-state index is 4.94. The van der Waals surface area contributed by atoms with Gasteiger partial charge in [-0.3, -0.25) is 9.36 Å². The highest BCUT2D eigenvalue weighted by Crippen LogP contribution is 2.33. The molecule has 7 heteroatoms. The van der Waals surface area contributed by atoms with E-state index in [1.807, 2.05) is 47.8 Å². The van der Waals surface area contributed by atoms with Crippen LogP contribution in [-0.2, 0) is 7.05 Å². The van der Waals surface area contributed by atoms with Gasteiger partial charge in [0.2, 0.25) is 0 Å². The zero-order valence-electron chi connectivity index (χ0n) is 14.3. The predicted molar refractivity (Wildman–Crippen MR) is 94.0 cm³/mol. The van der Waals surface area contributed by atoms with Gasteiger partial charge in [-0.05, 0) is 32.3 Å². The molecule has 4 aromatic heterocycles. The molecule has 1 fully saturated rings. The summed E-state index contributed by atoms with van der Waals surface area (Å²) in [5.74, 6) is 0. The molecule has 0 N–H and O–H groups in total. The van der Waals surface area contributed by atoms with Crippen LogP contribution in [0.25, 0.3) is 28.0 Å². The maximum Gasteiger partial charge on any atom is 0.0999 e. The van der Waals surface area contributed by atoms with Gasteiger partial charge in [0.15, 0.2) is 0 Å². The largest absolute Gasteiger partial charge is 0.275 e. The highest BCUT2D eigenvalue weighted by molar-refractivity contribution is 5.78. The molecule has 0 atom stereocenters. The van der Waals surface area contributed by atoms with E-state index in [2.05, 4.69) is 26.2 Å². The molecule has 0 unspecified atom stereocenters. The van der Waals surface area contributed by atoms with Gasteiger partial charge in [-0.15, -0.1) is 0 Å². The summed E-state index contributed by atoms with van der Waals surface area (Å²) in [6.07, 6.45) is 13.5. The molecule has 25 heavy (non-hydrogen) atoms. The van der Waals surface area contributed by atoms with Gasteiger partial charge in [-0.1, -0.05) is 0 Å². The van der Waals surface area contributed by atoms with Crippen LogP contribution in [0.4, 0.5) is 0 Å². The third-order valence-corrected chi connectivity index (χ3v) is 5.00. The lowest BCUT2D eigenvalue weighted by atomic mass is 9.93. The molecular formula is C18H19N7. The Hall–Kier alpha value is -2.96. The number of aryl methyl sites for hydroxylation is 2. The fourth-order valence-electron chi connectivity index (χ4n) is 3.43. The Morgan fingerprint density at radius 2 is 2.00 bits per heavy atom. The minimum atomic E-state index is 0.540. The normalized spacial score (nSPS) is 15.0. The number of rotatable bonds is 3. The van der Waals surface area contributed by atoms with E-state index in [4.69, 9.17) is 4.98 Å². The molecule has 0 amide bonds. The smallest absolute Gasteiger partial charge is 0.0999 e. The van der Waals surface area contributed by atoms with Crippen molar-refractivity contribution in [2.45, 2.75) is 32.2 Å². The second-order valence-corrected chi connectivity index (χ2v) is 6.73. The number of nitrogens with zero attached hydrogens (tertiary/aromatic N) is 7. The Balaban J connectivity index is 1.67. The van der Waals surface area contributed by atoms with E-state index in [1.54, 1.807) is 6.20 Å². The molecule has 4 heterocycles. The van der Waals surface area contributed by atoms with Gasteiger partial charge < -0.3 is 0 Å². The monoisotopic (exact) mass is 333 g/mol. The fourth-order valence-corrected chi connectivity index (χ4v) is 3.43. The van der Waals surface area contributed by atoms with E-state index < -0.39 is 0 Å². The van der Waals surface area contributed by atoms with Crippen LogP contribution in [0.5, 0.6) is 0 Å². The SMILES string of the molecule is Cc1nn(C)cc1-c1cn2nccc2c(-c2cnn(C3CCC3)c2)n1. The van der Waals surface area contributed by atoms with Crippen LogP contribution in [0, 0.1) is 6.92 Å². The second-order valence-electron chi connectivity index (χ2n) is 6.73. The van der Waals surface area contributed by atoms with E-state index in [0.717, 1.165) is 33.7 Å². The van der Waals surface area contributed by atoms with E-state index in [-0.39, 0.29) is 0 Å². The van der Waals surface area contributed by atoms with Crippen LogP contribution < -0.4 is 0 Å². The van der Waals surface area contributed by atoms with Crippen LogP contribution >= 0.6 is 0 Å². The molecule has 1 saturated carbocycles. The molecule has 0 radical (unpaired) electrons. The fraction of sp³-hybridized carbons (Fsp3) is 0.333. The summed E-state index contributed by atoms with van der Waals surface area (Å²) in [4.78, 5) is 4.94. The van der Waals surface area contributed by atoms with Crippen LogP contribution in [0.15, 0.2) is 37.1 Å². The van der Waals surface area contributed by atoms with Crippen molar-refractivity contribution in [1.82, 2.24) is 34.2 Å². The molecule has 1 aliphatic rings. The van der Waals surface area contributed by atoms with E-state index in [1.165, 1.54) is 19.3 Å². The molecule has 126 valence electrons. The van der Waals surface area contributed by atoms with Gasteiger partial charge in [0.05, 0.1) is 47.2 Å². The number of aromatic nitrogens is 7. The molecule has 7 nitrogen and oxygen atoms in total. The van der Waals surface area contributed by atoms with Gasteiger partial charge in [-0.25, -0.2) is 9.50 Å². The van der Waals surface area contributed by atoms with Crippen molar-refractivity contribution in [3.05, 3.63) is 42.7 Å². The third-order valence-electron chi connectivity index (χ3n) is 5.00. The van der Waals surface area contributed by atoms with Gasteiger partial charge in [0, 0.05) is 30.6 Å². The van der Waals surface area contributed by atoms with Crippen molar-refractivity contribution in [2.24, 2.45) is 7.05 Å². The first-order valence-electron chi connectivity index (χ1n) is 8.58. The first-order valence-corrected chi connectivity index (χ1v) is 8.58. The quantitative estimate of drug-likeness (QED) is 0.578. The lowest BCUT2D eigenvalue weighted by Gasteiger charge is -2.25. The summed E-state index contributed by atoms with van der Waals surface area (Å²) in [6.45, 7) is 2.00. The minimum absolute atomic E-state index is 0.540. The molecular weight excluding hydrogens is 314 g/mol. The number of hydrogen-bond acceptors (Lipinski definition) is 4. The van der Waals surface area contributed by atoms with E-state index in [9.17, 15) is 0 Å². The Morgan fingerprint density at radius 3 is 2.72 bits per heavy atom. The van der Waals surface area contributed by atoms with Crippen LogP contribution in [0.2, 0.25) is 0 Å². The molecule has 0 spiro atoms. The summed E-state index contributed by atoms with van der Waals surface area (Å²) < 4.78 is 5.77. The summed E-state index contributed by atoms with van der Waals surface area (Å²) in [5, 5.41) is 13.4. The number of fused-ring (bicyclic) bond motifs is 1. The first kappa shape index (κ1) is 14.4. The predicted octanol–water partition coefficient (Wildman–Crippen LogP) is 3.03. The maximum absolute atomic E-state index is 4.94. The van der Waals surface area contributed by atoms with Gasteiger partial charge in [0.1, 0.15) is 0 Å². The lowest BCUT2D eigenvalue weighted by molar-refractivity contribution is 0.289. The standard InChI is InChI=1S/C18H19N7/c1-12-15(10-23(2)22-12)16-11-25-17(6-7-19-25)18(21-16)13-8-20-24(9-13)14-4-3-5-14/h6-11,14H,3-5H2,1-2H3. The highest BCUT2D eigenvalue weighted by atomic mass is 15.3. The van der Waals surface area contributed by atoms with Crippen molar-refractivity contribution in [3.63, 3.8) is 0 Å². The summed E-state index contributed by atoms with van der Waals surface area (Å²) in [6, 6.07) is 2.53. The van der Waals surface area contributed by atoms with Crippen molar-refractivity contribution < 1.29 is 0 Å². The minimum Gasteiger partial charge on any atom is -0.275 e. The van der Waals surface area contributed by atoms with Crippen molar-refractivity contribution in [2.75, 3.05) is 0 Å². The highest BCUT2D eigenvalue weighted by Gasteiger charge is 2.21. The molecule has 1 aliphatic carbocycles. The first-order chi connectivity index (χ1) is 12.2. The molecule has 4 aromatic rings. The lowest BCUT2D eigenvalue weighted by Crippen LogP contribution is -2.16. The molecule has 0 saturated heterocycles. The molecule has 5 rings (SSSR count). The molecule has 0 bridgehead atoms. The average Bonchev–Trinajstić information content (AvgIpc) is 3.24. The summed E-state index contributed by atoms with van der Waals surface area (Å²) in [7, 11) is 1.92. The van der Waals surface area contributed by atoms with Gasteiger partial charge >= 0.3 is 0 Å². The van der Waals surface area contributed by atoms with E-state index in [0.29, 0.717) is 6.04 Å². The van der Waals surface area contributed by atoms with Crippen molar-refractivity contribution in [3.8, 4) is 22.5 Å². The average molecular weight is 333 g/mol. The Bertz CT molecular complexity index is 1060. The molecule has 0 aromatic carbocycles. The topological polar surface area (TPSA) is 65.8 Å². The third kappa shape index (κ3) is 2.26. The Kier molecular flexibility index (Phi) is 3.03. The second kappa shape index (κ2) is 5.27. The van der Waals surface area contributed by atoms with Crippen LogP contribution in [0.1, 0.15) is 31.0 Å². The van der Waals surface area contributed by atoms with Crippen LogP contribution in [-0.4, -0.2) is 34.2 Å². The zero-order chi connectivity index (χ0) is 17.0. The van der Waals surface area contributed by atoms with Crippen molar-refractivity contribution in [1.29, 1.82) is 0 Å². The van der Waals surface area contributed by atoms with Gasteiger partial charge in [-0.2, -0.15) is 15.3 Å². The zero-order valence-corrected chi connectivity index (χ0v) is 14.3. The summed E-state index contributed by atoms with van der Waals surface area (Å²) in [5.41, 5.74) is 5.77. The van der Waals surface area contributed by atoms with Gasteiger partial charge in [0.25, 0.3) is 0 Å². The van der Waals surface area contributed by atoms with Crippen molar-refractivity contribution >= 4 is 5.52 Å². The van der Waals surface area contributed by atoms with Crippen LogP contribution in [0.3, 0.4) is 0 Å². The summed E-state index contributed by atoms with van der Waals surface area (Å²) >= 11 is 0.